The van der Waals surface area contributed by atoms with E-state index in [0.29, 0.717) is 17.5 Å². The van der Waals surface area contributed by atoms with Crippen LogP contribution >= 0.6 is 11.6 Å². The van der Waals surface area contributed by atoms with Crippen molar-refractivity contribution >= 4 is 23.3 Å². The minimum atomic E-state index is -0.338. The summed E-state index contributed by atoms with van der Waals surface area (Å²) in [6, 6.07) is 5.23. The molecular weight excluding hydrogens is 190 g/mol. The number of hydrogen-bond donors (Lipinski definition) is 2. The third-order valence-electron chi connectivity index (χ3n) is 1.39. The van der Waals surface area contributed by atoms with Gasteiger partial charge in [0.25, 0.3) is 0 Å². The van der Waals surface area contributed by atoms with E-state index in [4.69, 9.17) is 17.3 Å². The highest BCUT2D eigenvalue weighted by molar-refractivity contribution is 6.29. The molecule has 0 aliphatic rings. The summed E-state index contributed by atoms with van der Waals surface area (Å²) in [4.78, 5) is 14.4. The van der Waals surface area contributed by atoms with Gasteiger partial charge in [0.15, 0.2) is 0 Å². The van der Waals surface area contributed by atoms with Crippen molar-refractivity contribution in [1.82, 2.24) is 4.98 Å². The largest absolute Gasteiger partial charge is 0.370 e. The third-order valence-corrected chi connectivity index (χ3v) is 1.60. The summed E-state index contributed by atoms with van der Waals surface area (Å²) >= 11 is 5.64. The molecule has 5 heteroatoms. The van der Waals surface area contributed by atoms with Crippen molar-refractivity contribution < 1.29 is 4.79 Å². The van der Waals surface area contributed by atoms with Crippen molar-refractivity contribution in [3.05, 3.63) is 23.4 Å². The standard InChI is InChI=1S/C8H10ClN3O/c9-6-2-1-3-8(12-6)11-5-4-7(10)13/h1-3H,4-5H2,(H2,10,13)(H,11,12). The average molecular weight is 200 g/mol. The summed E-state index contributed by atoms with van der Waals surface area (Å²) in [5.74, 6) is 0.309. The molecule has 0 radical (unpaired) electrons. The molecule has 0 bridgehead atoms. The van der Waals surface area contributed by atoms with Crippen molar-refractivity contribution in [3.8, 4) is 0 Å². The number of carbonyl (C=O) groups excluding carboxylic acids is 1. The first-order chi connectivity index (χ1) is 6.18. The number of anilines is 1. The Labute approximate surface area is 81.1 Å². The van der Waals surface area contributed by atoms with Gasteiger partial charge in [-0.2, -0.15) is 0 Å². The van der Waals surface area contributed by atoms with Gasteiger partial charge >= 0.3 is 0 Å². The normalized spacial score (nSPS) is 9.62. The number of hydrogen-bond acceptors (Lipinski definition) is 3. The molecule has 0 aromatic carbocycles. The monoisotopic (exact) mass is 199 g/mol. The maximum atomic E-state index is 10.4. The molecule has 0 saturated heterocycles. The maximum absolute atomic E-state index is 10.4. The van der Waals surface area contributed by atoms with E-state index in [9.17, 15) is 4.79 Å². The van der Waals surface area contributed by atoms with Crippen LogP contribution in [0.15, 0.2) is 18.2 Å². The van der Waals surface area contributed by atoms with Gasteiger partial charge in [0.05, 0.1) is 0 Å². The van der Waals surface area contributed by atoms with Crippen molar-refractivity contribution in [2.45, 2.75) is 6.42 Å². The van der Waals surface area contributed by atoms with Gasteiger partial charge in [0.2, 0.25) is 5.91 Å². The fraction of sp³-hybridized carbons (Fsp3) is 0.250. The molecule has 13 heavy (non-hydrogen) atoms. The number of halogens is 1. The molecule has 0 unspecified atom stereocenters. The van der Waals surface area contributed by atoms with E-state index in [-0.39, 0.29) is 12.3 Å². The SMILES string of the molecule is NC(=O)CCNc1cccc(Cl)n1. The lowest BCUT2D eigenvalue weighted by atomic mass is 10.4. The number of primary amides is 1. The molecule has 3 N–H and O–H groups in total. The van der Waals surface area contributed by atoms with E-state index in [2.05, 4.69) is 10.3 Å². The maximum Gasteiger partial charge on any atom is 0.219 e. The van der Waals surface area contributed by atoms with Crippen LogP contribution in [0.2, 0.25) is 5.15 Å². The molecule has 1 aromatic heterocycles. The first-order valence-corrected chi connectivity index (χ1v) is 4.21. The van der Waals surface area contributed by atoms with Crippen molar-refractivity contribution in [2.24, 2.45) is 5.73 Å². The number of nitrogens with two attached hydrogens (primary N) is 1. The highest BCUT2D eigenvalue weighted by Crippen LogP contribution is 2.08. The first-order valence-electron chi connectivity index (χ1n) is 3.83. The van der Waals surface area contributed by atoms with Crippen LogP contribution in [0.4, 0.5) is 5.82 Å². The molecule has 70 valence electrons. The van der Waals surface area contributed by atoms with E-state index in [1.807, 2.05) is 0 Å². The Morgan fingerprint density at radius 3 is 3.00 bits per heavy atom. The topological polar surface area (TPSA) is 68.0 Å². The molecular formula is C8H10ClN3O. The minimum absolute atomic E-state index is 0.286. The van der Waals surface area contributed by atoms with Crippen LogP contribution in [-0.4, -0.2) is 17.4 Å². The predicted molar refractivity (Wildman–Crippen MR) is 51.5 cm³/mol. The van der Waals surface area contributed by atoms with E-state index < -0.39 is 0 Å². The van der Waals surface area contributed by atoms with Crippen LogP contribution in [0.5, 0.6) is 0 Å². The zero-order chi connectivity index (χ0) is 9.68. The van der Waals surface area contributed by atoms with E-state index in [1.165, 1.54) is 0 Å². The number of aromatic nitrogens is 1. The lowest BCUT2D eigenvalue weighted by Crippen LogP contribution is -2.16. The Bertz CT molecular complexity index is 303. The highest BCUT2D eigenvalue weighted by Gasteiger charge is 1.96. The van der Waals surface area contributed by atoms with Gasteiger partial charge in [-0.05, 0) is 12.1 Å². The molecule has 1 heterocycles. The lowest BCUT2D eigenvalue weighted by molar-refractivity contribution is -0.117. The summed E-state index contributed by atoms with van der Waals surface area (Å²) in [5, 5.41) is 3.34. The molecule has 0 atom stereocenters. The van der Waals surface area contributed by atoms with Crippen LogP contribution in [0, 0.1) is 0 Å². The molecule has 1 aromatic rings. The number of carbonyl (C=O) groups is 1. The molecule has 1 rings (SSSR count). The van der Waals surface area contributed by atoms with Gasteiger partial charge in [-0.15, -0.1) is 0 Å². The van der Waals surface area contributed by atoms with Gasteiger partial charge in [-0.3, -0.25) is 4.79 Å². The van der Waals surface area contributed by atoms with Crippen LogP contribution in [0.25, 0.3) is 0 Å². The van der Waals surface area contributed by atoms with Gasteiger partial charge in [-0.1, -0.05) is 17.7 Å². The van der Waals surface area contributed by atoms with E-state index >= 15 is 0 Å². The van der Waals surface area contributed by atoms with Crippen molar-refractivity contribution in [2.75, 3.05) is 11.9 Å². The summed E-state index contributed by atoms with van der Waals surface area (Å²) in [6.45, 7) is 0.475. The molecule has 1 amide bonds. The molecule has 0 spiro atoms. The Hall–Kier alpha value is -1.29. The number of nitrogens with zero attached hydrogens (tertiary/aromatic N) is 1. The van der Waals surface area contributed by atoms with Gasteiger partial charge in [0.1, 0.15) is 11.0 Å². The predicted octanol–water partition coefficient (Wildman–Crippen LogP) is 1.02. The number of rotatable bonds is 4. The third kappa shape index (κ3) is 3.75. The summed E-state index contributed by atoms with van der Waals surface area (Å²) in [6.07, 6.45) is 0.286. The molecule has 0 aliphatic heterocycles. The lowest BCUT2D eigenvalue weighted by Gasteiger charge is -2.02. The summed E-state index contributed by atoms with van der Waals surface area (Å²) < 4.78 is 0. The van der Waals surface area contributed by atoms with Gasteiger partial charge < -0.3 is 11.1 Å². The van der Waals surface area contributed by atoms with Crippen molar-refractivity contribution in [3.63, 3.8) is 0 Å². The van der Waals surface area contributed by atoms with Gasteiger partial charge in [0, 0.05) is 13.0 Å². The second kappa shape index (κ2) is 4.67. The Balaban J connectivity index is 2.41. The second-order valence-corrected chi connectivity index (χ2v) is 2.88. The van der Waals surface area contributed by atoms with Crippen LogP contribution in [0.3, 0.4) is 0 Å². The van der Waals surface area contributed by atoms with Crippen LogP contribution < -0.4 is 11.1 Å². The van der Waals surface area contributed by atoms with Crippen molar-refractivity contribution in [1.29, 1.82) is 0 Å². The average Bonchev–Trinajstić information content (AvgIpc) is 2.03. The fourth-order valence-electron chi connectivity index (χ4n) is 0.820. The van der Waals surface area contributed by atoms with Crippen LogP contribution in [-0.2, 0) is 4.79 Å². The number of nitrogens with one attached hydrogen (secondary N) is 1. The first kappa shape index (κ1) is 9.80. The Kier molecular flexibility index (Phi) is 3.52. The highest BCUT2D eigenvalue weighted by atomic mass is 35.5. The summed E-state index contributed by atoms with van der Waals surface area (Å²) in [7, 11) is 0. The van der Waals surface area contributed by atoms with Crippen LogP contribution in [0.1, 0.15) is 6.42 Å². The molecule has 4 nitrogen and oxygen atoms in total. The Morgan fingerprint density at radius 2 is 2.38 bits per heavy atom. The molecule has 0 fully saturated rings. The zero-order valence-corrected chi connectivity index (χ0v) is 7.71. The Morgan fingerprint density at radius 1 is 1.62 bits per heavy atom. The molecule has 0 saturated carbocycles. The minimum Gasteiger partial charge on any atom is -0.370 e. The second-order valence-electron chi connectivity index (χ2n) is 2.49. The number of pyridine rings is 1. The van der Waals surface area contributed by atoms with E-state index in [1.54, 1.807) is 18.2 Å². The smallest absolute Gasteiger partial charge is 0.219 e. The number of amides is 1. The summed E-state index contributed by atoms with van der Waals surface area (Å²) in [5.41, 5.74) is 4.96. The van der Waals surface area contributed by atoms with E-state index in [0.717, 1.165) is 0 Å². The zero-order valence-electron chi connectivity index (χ0n) is 6.96. The fourth-order valence-corrected chi connectivity index (χ4v) is 0.984. The quantitative estimate of drug-likeness (QED) is 0.712. The van der Waals surface area contributed by atoms with Gasteiger partial charge in [-0.25, -0.2) is 4.98 Å². The molecule has 0 aliphatic carbocycles.